The lowest BCUT2D eigenvalue weighted by Crippen LogP contribution is -2.48. The van der Waals surface area contributed by atoms with E-state index in [0.717, 1.165) is 25.9 Å². The van der Waals surface area contributed by atoms with Gasteiger partial charge in [-0.25, -0.2) is 0 Å². The Balaban J connectivity index is 1.87. The van der Waals surface area contributed by atoms with Crippen molar-refractivity contribution in [2.24, 2.45) is 0 Å². The number of hydrogen-bond donors (Lipinski definition) is 2. The average molecular weight is 266 g/mol. The molecule has 0 bridgehead atoms. The molecule has 2 N–H and O–H groups in total. The minimum atomic E-state index is -0.0165. The number of hydrogen-bond acceptors (Lipinski definition) is 5. The third kappa shape index (κ3) is 3.99. The second-order valence-electron chi connectivity index (χ2n) is 4.95. The summed E-state index contributed by atoms with van der Waals surface area (Å²) >= 11 is 0. The van der Waals surface area contributed by atoms with Gasteiger partial charge < -0.3 is 5.32 Å². The van der Waals surface area contributed by atoms with Gasteiger partial charge in [0.25, 0.3) is 0 Å². The first-order valence-corrected chi connectivity index (χ1v) is 7.05. The summed E-state index contributed by atoms with van der Waals surface area (Å²) < 4.78 is 0. The summed E-state index contributed by atoms with van der Waals surface area (Å²) in [5.41, 5.74) is 0. The monoisotopic (exact) mass is 266 g/mol. The highest BCUT2D eigenvalue weighted by molar-refractivity contribution is 5.81. The lowest BCUT2D eigenvalue weighted by atomic mass is 10.0. The van der Waals surface area contributed by atoms with Crippen LogP contribution in [0.15, 0.2) is 0 Å². The van der Waals surface area contributed by atoms with E-state index in [1.54, 1.807) is 0 Å². The molecule has 1 unspecified atom stereocenters. The molecule has 1 aliphatic heterocycles. The summed E-state index contributed by atoms with van der Waals surface area (Å²) in [6.45, 7) is 4.51. The summed E-state index contributed by atoms with van der Waals surface area (Å²) in [4.78, 5) is 14.6. The van der Waals surface area contributed by atoms with Crippen LogP contribution in [0.25, 0.3) is 0 Å². The zero-order valence-corrected chi connectivity index (χ0v) is 11.4. The molecular formula is C12H22N6O. The van der Waals surface area contributed by atoms with E-state index in [2.05, 4.69) is 37.8 Å². The smallest absolute Gasteiger partial charge is 0.237 e. The van der Waals surface area contributed by atoms with Gasteiger partial charge in [-0.2, -0.15) is 5.21 Å². The SMILES string of the molecule is CCCC(C(=O)NCc1nn[nH]n1)N1CCCCC1. The van der Waals surface area contributed by atoms with Gasteiger partial charge in [0.2, 0.25) is 5.91 Å². The van der Waals surface area contributed by atoms with Gasteiger partial charge in [0.1, 0.15) is 0 Å². The molecule has 0 radical (unpaired) electrons. The minimum absolute atomic E-state index is 0.0165. The summed E-state index contributed by atoms with van der Waals surface area (Å²) in [6.07, 6.45) is 5.57. The first-order valence-electron chi connectivity index (χ1n) is 7.05. The number of H-pyrrole nitrogens is 1. The van der Waals surface area contributed by atoms with Gasteiger partial charge in [0.05, 0.1) is 12.6 Å². The second kappa shape index (κ2) is 7.18. The zero-order chi connectivity index (χ0) is 13.5. The Hall–Kier alpha value is -1.50. The summed E-state index contributed by atoms with van der Waals surface area (Å²) in [7, 11) is 0. The fourth-order valence-electron chi connectivity index (χ4n) is 2.52. The van der Waals surface area contributed by atoms with Crippen LogP contribution >= 0.6 is 0 Å². The highest BCUT2D eigenvalue weighted by atomic mass is 16.2. The van der Waals surface area contributed by atoms with Crippen LogP contribution in [-0.2, 0) is 11.3 Å². The van der Waals surface area contributed by atoms with E-state index in [-0.39, 0.29) is 11.9 Å². The maximum absolute atomic E-state index is 12.3. The Kier molecular flexibility index (Phi) is 5.26. The van der Waals surface area contributed by atoms with E-state index in [1.165, 1.54) is 19.3 Å². The van der Waals surface area contributed by atoms with Crippen molar-refractivity contribution in [2.45, 2.75) is 51.6 Å². The van der Waals surface area contributed by atoms with Crippen LogP contribution in [0.1, 0.15) is 44.9 Å². The fraction of sp³-hybridized carbons (Fsp3) is 0.833. The first kappa shape index (κ1) is 13.9. The average Bonchev–Trinajstić information content (AvgIpc) is 2.96. The van der Waals surface area contributed by atoms with E-state index in [9.17, 15) is 4.79 Å². The number of carbonyl (C=O) groups is 1. The minimum Gasteiger partial charge on any atom is -0.347 e. The number of nitrogens with zero attached hydrogens (tertiary/aromatic N) is 4. The molecule has 106 valence electrons. The Bertz CT molecular complexity index is 374. The van der Waals surface area contributed by atoms with Crippen LogP contribution in [0.5, 0.6) is 0 Å². The summed E-state index contributed by atoms with van der Waals surface area (Å²) in [5, 5.41) is 16.4. The van der Waals surface area contributed by atoms with Crippen LogP contribution in [0.3, 0.4) is 0 Å². The first-order chi connectivity index (χ1) is 9.31. The predicted octanol–water partition coefficient (Wildman–Crippen LogP) is 0.471. The van der Waals surface area contributed by atoms with Crippen LogP contribution < -0.4 is 5.32 Å². The van der Waals surface area contributed by atoms with Gasteiger partial charge in [-0.15, -0.1) is 10.2 Å². The van der Waals surface area contributed by atoms with Gasteiger partial charge >= 0.3 is 0 Å². The molecule has 2 heterocycles. The Labute approximate surface area is 113 Å². The van der Waals surface area contributed by atoms with Gasteiger partial charge in [-0.3, -0.25) is 9.69 Å². The Morgan fingerprint density at radius 2 is 2.21 bits per heavy atom. The normalized spacial score (nSPS) is 18.2. The van der Waals surface area contributed by atoms with Gasteiger partial charge in [0.15, 0.2) is 5.82 Å². The summed E-state index contributed by atoms with van der Waals surface area (Å²) in [6, 6.07) is -0.0165. The Morgan fingerprint density at radius 1 is 1.42 bits per heavy atom. The molecule has 1 fully saturated rings. The molecule has 0 aliphatic carbocycles. The fourth-order valence-corrected chi connectivity index (χ4v) is 2.52. The molecule has 1 atom stereocenters. The van der Waals surface area contributed by atoms with Gasteiger partial charge in [-0.05, 0) is 32.4 Å². The number of aromatic amines is 1. The van der Waals surface area contributed by atoms with E-state index < -0.39 is 0 Å². The quantitative estimate of drug-likeness (QED) is 0.781. The number of aromatic nitrogens is 4. The van der Waals surface area contributed by atoms with Crippen LogP contribution in [0, 0.1) is 0 Å². The number of likely N-dealkylation sites (tertiary alicyclic amines) is 1. The second-order valence-corrected chi connectivity index (χ2v) is 4.95. The number of nitrogens with one attached hydrogen (secondary N) is 2. The van der Waals surface area contributed by atoms with E-state index in [4.69, 9.17) is 0 Å². The van der Waals surface area contributed by atoms with Gasteiger partial charge in [0, 0.05) is 0 Å². The van der Waals surface area contributed by atoms with Gasteiger partial charge in [-0.1, -0.05) is 25.0 Å². The Morgan fingerprint density at radius 3 is 2.84 bits per heavy atom. The lowest BCUT2D eigenvalue weighted by molar-refractivity contribution is -0.127. The van der Waals surface area contributed by atoms with Crippen molar-refractivity contribution in [3.05, 3.63) is 5.82 Å². The molecule has 1 aromatic heterocycles. The molecule has 19 heavy (non-hydrogen) atoms. The molecule has 7 nitrogen and oxygen atoms in total. The van der Waals surface area contributed by atoms with Crippen LogP contribution in [0.2, 0.25) is 0 Å². The molecule has 1 amide bonds. The molecule has 0 saturated carbocycles. The number of piperidine rings is 1. The number of carbonyl (C=O) groups excluding carboxylic acids is 1. The highest BCUT2D eigenvalue weighted by Crippen LogP contribution is 2.15. The van der Waals surface area contributed by atoms with Crippen molar-refractivity contribution in [3.63, 3.8) is 0 Å². The molecule has 1 aromatic rings. The predicted molar refractivity (Wildman–Crippen MR) is 70.1 cm³/mol. The largest absolute Gasteiger partial charge is 0.347 e. The van der Waals surface area contributed by atoms with E-state index in [0.29, 0.717) is 12.4 Å². The number of amides is 1. The van der Waals surface area contributed by atoms with Crippen molar-refractivity contribution in [1.29, 1.82) is 0 Å². The highest BCUT2D eigenvalue weighted by Gasteiger charge is 2.26. The van der Waals surface area contributed by atoms with Crippen LogP contribution in [0.4, 0.5) is 0 Å². The number of rotatable bonds is 6. The molecule has 2 rings (SSSR count). The molecule has 1 aliphatic rings. The lowest BCUT2D eigenvalue weighted by Gasteiger charge is -2.33. The zero-order valence-electron chi connectivity index (χ0n) is 11.4. The molecular weight excluding hydrogens is 244 g/mol. The number of tetrazole rings is 1. The van der Waals surface area contributed by atoms with E-state index in [1.807, 2.05) is 0 Å². The van der Waals surface area contributed by atoms with Crippen LogP contribution in [-0.4, -0.2) is 50.6 Å². The maximum atomic E-state index is 12.3. The molecule has 7 heteroatoms. The van der Waals surface area contributed by atoms with Crippen molar-refractivity contribution < 1.29 is 4.79 Å². The van der Waals surface area contributed by atoms with E-state index >= 15 is 0 Å². The summed E-state index contributed by atoms with van der Waals surface area (Å²) in [5.74, 6) is 0.593. The topological polar surface area (TPSA) is 86.8 Å². The third-order valence-corrected chi connectivity index (χ3v) is 3.51. The van der Waals surface area contributed by atoms with Crippen molar-refractivity contribution in [2.75, 3.05) is 13.1 Å². The molecule has 1 saturated heterocycles. The van der Waals surface area contributed by atoms with Crippen molar-refractivity contribution >= 4 is 5.91 Å². The maximum Gasteiger partial charge on any atom is 0.237 e. The standard InChI is InChI=1S/C12H22N6O/c1-2-6-10(18-7-4-3-5-8-18)12(19)13-9-11-14-16-17-15-11/h10H,2-9H2,1H3,(H,13,19)(H,14,15,16,17). The molecule has 0 spiro atoms. The molecule has 0 aromatic carbocycles. The van der Waals surface area contributed by atoms with Crippen molar-refractivity contribution in [1.82, 2.24) is 30.8 Å². The van der Waals surface area contributed by atoms with Crippen molar-refractivity contribution in [3.8, 4) is 0 Å². The third-order valence-electron chi connectivity index (χ3n) is 3.51.